The van der Waals surface area contributed by atoms with Crippen molar-refractivity contribution in [2.24, 2.45) is 0 Å². The number of nitriles is 1. The summed E-state index contributed by atoms with van der Waals surface area (Å²) in [5.74, 6) is 0.411. The second-order valence-electron chi connectivity index (χ2n) is 2.39. The van der Waals surface area contributed by atoms with E-state index in [1.54, 1.807) is 0 Å². The minimum Gasteiger partial charge on any atom is -0.191 e. The maximum atomic E-state index is 8.55. The van der Waals surface area contributed by atoms with Gasteiger partial charge in [0.15, 0.2) is 5.69 Å². The first-order valence-corrected chi connectivity index (χ1v) is 3.93. The monoisotopic (exact) mass is 152 g/mol. The molecule has 0 aliphatic carbocycles. The van der Waals surface area contributed by atoms with Crippen molar-refractivity contribution in [3.63, 3.8) is 0 Å². The molecule has 1 aromatic heterocycles. The molecule has 0 saturated carbocycles. The summed E-state index contributed by atoms with van der Waals surface area (Å²) in [7, 11) is 0. The van der Waals surface area contributed by atoms with Crippen LogP contribution in [0.3, 0.4) is 0 Å². The molecule has 0 bridgehead atoms. The highest BCUT2D eigenvalue weighted by molar-refractivity contribution is 7.03. The van der Waals surface area contributed by atoms with Gasteiger partial charge in [-0.05, 0) is 17.5 Å². The molecule has 0 fully saturated rings. The molecule has 0 aromatic carbocycles. The van der Waals surface area contributed by atoms with Gasteiger partial charge in [-0.1, -0.05) is 13.8 Å². The van der Waals surface area contributed by atoms with Crippen molar-refractivity contribution in [3.05, 3.63) is 16.6 Å². The molecule has 0 saturated heterocycles. The Morgan fingerprint density at radius 2 is 2.40 bits per heavy atom. The van der Waals surface area contributed by atoms with Crippen LogP contribution in [0.5, 0.6) is 0 Å². The zero-order valence-electron chi connectivity index (χ0n) is 5.96. The molecule has 0 radical (unpaired) electrons. The van der Waals surface area contributed by atoms with Crippen molar-refractivity contribution >= 4 is 11.5 Å². The first-order chi connectivity index (χ1) is 4.75. The van der Waals surface area contributed by atoms with Crippen LogP contribution >= 0.6 is 11.5 Å². The Labute approximate surface area is 64.3 Å². The van der Waals surface area contributed by atoms with E-state index in [9.17, 15) is 0 Å². The molecule has 0 atom stereocenters. The van der Waals surface area contributed by atoms with Crippen LogP contribution in [-0.2, 0) is 0 Å². The first kappa shape index (κ1) is 7.23. The van der Waals surface area contributed by atoms with E-state index in [4.69, 9.17) is 5.26 Å². The summed E-state index contributed by atoms with van der Waals surface area (Å²) in [6, 6.07) is 2.06. The van der Waals surface area contributed by atoms with Gasteiger partial charge in [-0.25, -0.2) is 0 Å². The summed E-state index contributed by atoms with van der Waals surface area (Å²) in [5, 5.41) is 10.5. The van der Waals surface area contributed by atoms with Crippen molar-refractivity contribution in [1.29, 1.82) is 5.26 Å². The SMILES string of the molecule is CC(C)c1csnc1C#N. The fourth-order valence-corrected chi connectivity index (χ4v) is 1.54. The van der Waals surface area contributed by atoms with Crippen molar-refractivity contribution in [3.8, 4) is 6.07 Å². The zero-order valence-corrected chi connectivity index (χ0v) is 6.77. The molecular weight excluding hydrogens is 144 g/mol. The van der Waals surface area contributed by atoms with E-state index in [1.165, 1.54) is 11.5 Å². The van der Waals surface area contributed by atoms with E-state index in [1.807, 2.05) is 5.38 Å². The predicted octanol–water partition coefficient (Wildman–Crippen LogP) is 2.14. The fraction of sp³-hybridized carbons (Fsp3) is 0.429. The summed E-state index contributed by atoms with van der Waals surface area (Å²) in [6.45, 7) is 4.12. The van der Waals surface area contributed by atoms with Crippen molar-refractivity contribution in [1.82, 2.24) is 4.37 Å². The average Bonchev–Trinajstić information content (AvgIpc) is 2.33. The number of hydrogen-bond donors (Lipinski definition) is 0. The lowest BCUT2D eigenvalue weighted by atomic mass is 10.1. The standard InChI is InChI=1S/C7H8N2S/c1-5(2)6-4-10-9-7(6)3-8/h4-5H,1-2H3. The molecule has 1 aromatic rings. The molecule has 3 heteroatoms. The maximum absolute atomic E-state index is 8.55. The van der Waals surface area contributed by atoms with E-state index < -0.39 is 0 Å². The third-order valence-corrected chi connectivity index (χ3v) is 1.97. The zero-order chi connectivity index (χ0) is 7.56. The van der Waals surface area contributed by atoms with Gasteiger partial charge in [0.25, 0.3) is 0 Å². The van der Waals surface area contributed by atoms with E-state index in [-0.39, 0.29) is 0 Å². The number of rotatable bonds is 1. The van der Waals surface area contributed by atoms with Crippen molar-refractivity contribution < 1.29 is 0 Å². The molecule has 0 aliphatic heterocycles. The minimum atomic E-state index is 0.411. The molecule has 0 amide bonds. The van der Waals surface area contributed by atoms with Gasteiger partial charge < -0.3 is 0 Å². The Kier molecular flexibility index (Phi) is 2.03. The Morgan fingerprint density at radius 1 is 1.70 bits per heavy atom. The quantitative estimate of drug-likeness (QED) is 0.618. The minimum absolute atomic E-state index is 0.411. The van der Waals surface area contributed by atoms with Crippen LogP contribution in [0.4, 0.5) is 0 Å². The van der Waals surface area contributed by atoms with E-state index in [2.05, 4.69) is 24.3 Å². The summed E-state index contributed by atoms with van der Waals surface area (Å²) in [6.07, 6.45) is 0. The Morgan fingerprint density at radius 3 is 2.80 bits per heavy atom. The fourth-order valence-electron chi connectivity index (χ4n) is 0.739. The van der Waals surface area contributed by atoms with Crippen LogP contribution in [0, 0.1) is 11.3 Å². The van der Waals surface area contributed by atoms with Gasteiger partial charge in [0.1, 0.15) is 6.07 Å². The van der Waals surface area contributed by atoms with Gasteiger partial charge in [0.2, 0.25) is 0 Å². The highest BCUT2D eigenvalue weighted by Crippen LogP contribution is 2.19. The van der Waals surface area contributed by atoms with Crippen LogP contribution in [0.15, 0.2) is 5.38 Å². The molecule has 1 rings (SSSR count). The first-order valence-electron chi connectivity index (χ1n) is 3.10. The lowest BCUT2D eigenvalue weighted by Crippen LogP contribution is -1.87. The average molecular weight is 152 g/mol. The topological polar surface area (TPSA) is 36.7 Å². The second kappa shape index (κ2) is 2.80. The number of nitrogens with zero attached hydrogens (tertiary/aromatic N) is 2. The largest absolute Gasteiger partial charge is 0.191 e. The molecule has 0 unspecified atom stereocenters. The van der Waals surface area contributed by atoms with Crippen LogP contribution in [0.2, 0.25) is 0 Å². The normalized spacial score (nSPS) is 9.80. The van der Waals surface area contributed by atoms with Crippen molar-refractivity contribution in [2.45, 2.75) is 19.8 Å². The highest BCUT2D eigenvalue weighted by Gasteiger charge is 2.07. The third kappa shape index (κ3) is 1.17. The van der Waals surface area contributed by atoms with E-state index in [0.29, 0.717) is 11.6 Å². The predicted molar refractivity (Wildman–Crippen MR) is 40.9 cm³/mol. The molecule has 0 spiro atoms. The van der Waals surface area contributed by atoms with Gasteiger partial charge in [-0.2, -0.15) is 9.64 Å². The van der Waals surface area contributed by atoms with Crippen molar-refractivity contribution in [2.75, 3.05) is 0 Å². The molecule has 10 heavy (non-hydrogen) atoms. The molecule has 1 heterocycles. The van der Waals surface area contributed by atoms with Crippen LogP contribution in [-0.4, -0.2) is 4.37 Å². The summed E-state index contributed by atoms with van der Waals surface area (Å²) in [5.41, 5.74) is 1.65. The molecule has 2 nitrogen and oxygen atoms in total. The van der Waals surface area contributed by atoms with Gasteiger partial charge in [-0.3, -0.25) is 0 Å². The molecule has 0 N–H and O–H groups in total. The second-order valence-corrected chi connectivity index (χ2v) is 3.01. The summed E-state index contributed by atoms with van der Waals surface area (Å²) in [4.78, 5) is 0. The van der Waals surface area contributed by atoms with Gasteiger partial charge in [0, 0.05) is 10.9 Å². The van der Waals surface area contributed by atoms with Gasteiger partial charge in [-0.15, -0.1) is 0 Å². The lowest BCUT2D eigenvalue weighted by molar-refractivity contribution is 0.864. The van der Waals surface area contributed by atoms with E-state index >= 15 is 0 Å². The lowest BCUT2D eigenvalue weighted by Gasteiger charge is -1.97. The molecule has 0 aliphatic rings. The third-order valence-electron chi connectivity index (χ3n) is 1.33. The van der Waals surface area contributed by atoms with Gasteiger partial charge in [0.05, 0.1) is 0 Å². The summed E-state index contributed by atoms with van der Waals surface area (Å²) >= 11 is 1.35. The maximum Gasteiger partial charge on any atom is 0.157 e. The Hall–Kier alpha value is -0.880. The van der Waals surface area contributed by atoms with Crippen LogP contribution < -0.4 is 0 Å². The Bertz CT molecular complexity index is 257. The number of hydrogen-bond acceptors (Lipinski definition) is 3. The number of aromatic nitrogens is 1. The van der Waals surface area contributed by atoms with Crippen LogP contribution in [0.25, 0.3) is 0 Å². The van der Waals surface area contributed by atoms with Crippen LogP contribution in [0.1, 0.15) is 31.0 Å². The summed E-state index contributed by atoms with van der Waals surface area (Å²) < 4.78 is 3.94. The molecular formula is C7H8N2S. The Balaban J connectivity index is 3.05. The van der Waals surface area contributed by atoms with Gasteiger partial charge >= 0.3 is 0 Å². The molecule has 52 valence electrons. The van der Waals surface area contributed by atoms with E-state index in [0.717, 1.165) is 5.56 Å². The smallest absolute Gasteiger partial charge is 0.157 e. The highest BCUT2D eigenvalue weighted by atomic mass is 32.1.